The summed E-state index contributed by atoms with van der Waals surface area (Å²) in [6, 6.07) is 6.53. The zero-order valence-electron chi connectivity index (χ0n) is 8.97. The highest BCUT2D eigenvalue weighted by molar-refractivity contribution is 5.93. The van der Waals surface area contributed by atoms with Crippen molar-refractivity contribution < 1.29 is 19.4 Å². The zero-order valence-corrected chi connectivity index (χ0v) is 8.97. The van der Waals surface area contributed by atoms with Crippen LogP contribution in [0.15, 0.2) is 24.3 Å². The van der Waals surface area contributed by atoms with Gasteiger partial charge in [-0.15, -0.1) is 6.42 Å². The Morgan fingerprint density at radius 2 is 2.12 bits per heavy atom. The van der Waals surface area contributed by atoms with Crippen molar-refractivity contribution >= 4 is 17.6 Å². The Morgan fingerprint density at radius 3 is 2.76 bits per heavy atom. The minimum atomic E-state index is -1.09. The van der Waals surface area contributed by atoms with E-state index in [-0.39, 0.29) is 12.3 Å². The molecule has 0 bridgehead atoms. The highest BCUT2D eigenvalue weighted by Crippen LogP contribution is 2.23. The first-order chi connectivity index (χ1) is 8.13. The van der Waals surface area contributed by atoms with Gasteiger partial charge in [0.25, 0.3) is 0 Å². The third-order valence-corrected chi connectivity index (χ3v) is 1.77. The minimum absolute atomic E-state index is 0.0483. The minimum Gasteiger partial charge on any atom is -0.480 e. The second-order valence-electron chi connectivity index (χ2n) is 3.11. The summed E-state index contributed by atoms with van der Waals surface area (Å²) in [7, 11) is 0. The summed E-state index contributed by atoms with van der Waals surface area (Å²) in [5, 5.41) is 11.0. The molecule has 1 rings (SSSR count). The fraction of sp³-hybridized carbons (Fsp3) is 0.167. The Hall–Kier alpha value is -2.48. The molecule has 5 nitrogen and oxygen atoms in total. The number of aliphatic carboxylic acids is 1. The first kappa shape index (κ1) is 12.6. The number of nitrogens with one attached hydrogen (secondary N) is 1. The Kier molecular flexibility index (Phi) is 4.58. The number of carbonyl (C=O) groups excluding carboxylic acids is 1. The first-order valence-electron chi connectivity index (χ1n) is 4.80. The summed E-state index contributed by atoms with van der Waals surface area (Å²) in [5.41, 5.74) is 0.397. The Morgan fingerprint density at radius 1 is 1.41 bits per heavy atom. The monoisotopic (exact) mass is 233 g/mol. The predicted molar refractivity (Wildman–Crippen MR) is 61.7 cm³/mol. The van der Waals surface area contributed by atoms with Crippen LogP contribution in [0.4, 0.5) is 5.69 Å². The number of benzene rings is 1. The number of carboxylic acids is 1. The van der Waals surface area contributed by atoms with Crippen molar-refractivity contribution in [2.24, 2.45) is 0 Å². The van der Waals surface area contributed by atoms with Crippen LogP contribution in [0, 0.1) is 12.3 Å². The molecule has 0 aliphatic carbocycles. The van der Waals surface area contributed by atoms with E-state index in [1.807, 2.05) is 0 Å². The third-order valence-electron chi connectivity index (χ3n) is 1.77. The average Bonchev–Trinajstić information content (AvgIpc) is 2.28. The number of hydrogen-bond donors (Lipinski definition) is 2. The summed E-state index contributed by atoms with van der Waals surface area (Å²) in [6.45, 7) is -0.470. The molecule has 5 heteroatoms. The molecule has 0 unspecified atom stereocenters. The van der Waals surface area contributed by atoms with E-state index in [0.717, 1.165) is 0 Å². The maximum absolute atomic E-state index is 11.3. The molecule has 0 heterocycles. The molecule has 1 aromatic rings. The number of anilines is 1. The van der Waals surface area contributed by atoms with E-state index in [9.17, 15) is 9.59 Å². The third kappa shape index (κ3) is 4.26. The summed E-state index contributed by atoms with van der Waals surface area (Å²) in [4.78, 5) is 21.6. The van der Waals surface area contributed by atoms with Crippen LogP contribution in [-0.4, -0.2) is 23.6 Å². The quantitative estimate of drug-likeness (QED) is 0.747. The molecule has 88 valence electrons. The molecule has 0 aliphatic rings. The van der Waals surface area contributed by atoms with Crippen LogP contribution in [-0.2, 0) is 9.59 Å². The van der Waals surface area contributed by atoms with Gasteiger partial charge in [-0.2, -0.15) is 0 Å². The van der Waals surface area contributed by atoms with Gasteiger partial charge >= 0.3 is 5.97 Å². The van der Waals surface area contributed by atoms with E-state index in [1.54, 1.807) is 24.3 Å². The molecule has 0 atom stereocenters. The lowest BCUT2D eigenvalue weighted by Crippen LogP contribution is -2.14. The molecule has 0 aromatic heterocycles. The van der Waals surface area contributed by atoms with Gasteiger partial charge in [-0.3, -0.25) is 4.79 Å². The smallest absolute Gasteiger partial charge is 0.341 e. The molecule has 0 saturated heterocycles. The maximum Gasteiger partial charge on any atom is 0.341 e. The normalized spacial score (nSPS) is 9.12. The van der Waals surface area contributed by atoms with E-state index in [1.165, 1.54) is 0 Å². The molecule has 1 aromatic carbocycles. The van der Waals surface area contributed by atoms with Crippen LogP contribution in [0.1, 0.15) is 6.42 Å². The van der Waals surface area contributed by atoms with E-state index >= 15 is 0 Å². The van der Waals surface area contributed by atoms with Gasteiger partial charge < -0.3 is 15.2 Å². The molecule has 0 fully saturated rings. The van der Waals surface area contributed by atoms with Gasteiger partial charge in [0.2, 0.25) is 5.91 Å². The van der Waals surface area contributed by atoms with Gasteiger partial charge in [-0.05, 0) is 12.1 Å². The van der Waals surface area contributed by atoms with E-state index in [0.29, 0.717) is 11.4 Å². The van der Waals surface area contributed by atoms with Crippen LogP contribution < -0.4 is 10.1 Å². The summed E-state index contributed by atoms with van der Waals surface area (Å²) < 4.78 is 5.01. The van der Waals surface area contributed by atoms with Crippen LogP contribution in [0.25, 0.3) is 0 Å². The van der Waals surface area contributed by atoms with Crippen molar-refractivity contribution in [3.63, 3.8) is 0 Å². The fourth-order valence-electron chi connectivity index (χ4n) is 1.12. The van der Waals surface area contributed by atoms with Crippen LogP contribution in [0.3, 0.4) is 0 Å². The lowest BCUT2D eigenvalue weighted by molar-refractivity contribution is -0.139. The topological polar surface area (TPSA) is 75.6 Å². The fourth-order valence-corrected chi connectivity index (χ4v) is 1.12. The lowest BCUT2D eigenvalue weighted by atomic mass is 10.3. The Bertz CT molecular complexity index is 462. The molecule has 0 spiro atoms. The van der Waals surface area contributed by atoms with Gasteiger partial charge in [0.05, 0.1) is 12.1 Å². The summed E-state index contributed by atoms with van der Waals surface area (Å²) in [5.74, 6) is 1.07. The molecule has 1 amide bonds. The molecular formula is C12H11NO4. The SMILES string of the molecule is C#CCC(=O)Nc1ccccc1OCC(=O)O. The molecule has 0 saturated carbocycles. The number of ether oxygens (including phenoxy) is 1. The Balaban J connectivity index is 2.74. The van der Waals surface area contributed by atoms with E-state index < -0.39 is 12.6 Å². The highest BCUT2D eigenvalue weighted by Gasteiger charge is 2.07. The molecule has 2 N–H and O–H groups in total. The molecule has 0 aliphatic heterocycles. The van der Waals surface area contributed by atoms with Gasteiger partial charge in [0.1, 0.15) is 5.75 Å². The number of carboxylic acid groups (broad SMARTS) is 1. The summed E-state index contributed by atoms with van der Waals surface area (Å²) in [6.07, 6.45) is 4.95. The second kappa shape index (κ2) is 6.18. The van der Waals surface area contributed by atoms with Crippen LogP contribution >= 0.6 is 0 Å². The van der Waals surface area contributed by atoms with Crippen molar-refractivity contribution in [2.75, 3.05) is 11.9 Å². The number of rotatable bonds is 5. The predicted octanol–water partition coefficient (Wildman–Crippen LogP) is 1.11. The molecule has 17 heavy (non-hydrogen) atoms. The van der Waals surface area contributed by atoms with Crippen molar-refractivity contribution in [1.82, 2.24) is 0 Å². The second-order valence-corrected chi connectivity index (χ2v) is 3.11. The van der Waals surface area contributed by atoms with E-state index in [4.69, 9.17) is 16.3 Å². The largest absolute Gasteiger partial charge is 0.480 e. The Labute approximate surface area is 98.4 Å². The van der Waals surface area contributed by atoms with Gasteiger partial charge in [-0.1, -0.05) is 18.1 Å². The van der Waals surface area contributed by atoms with Crippen molar-refractivity contribution in [3.8, 4) is 18.1 Å². The van der Waals surface area contributed by atoms with Gasteiger partial charge in [0, 0.05) is 0 Å². The maximum atomic E-state index is 11.3. The van der Waals surface area contributed by atoms with Crippen molar-refractivity contribution in [2.45, 2.75) is 6.42 Å². The number of para-hydroxylation sites is 2. The van der Waals surface area contributed by atoms with Gasteiger partial charge in [0.15, 0.2) is 6.61 Å². The standard InChI is InChI=1S/C12H11NO4/c1-2-5-11(14)13-9-6-3-4-7-10(9)17-8-12(15)16/h1,3-4,6-7H,5,8H2,(H,13,14)(H,15,16). The van der Waals surface area contributed by atoms with Gasteiger partial charge in [-0.25, -0.2) is 4.79 Å². The van der Waals surface area contributed by atoms with Crippen molar-refractivity contribution in [1.29, 1.82) is 0 Å². The molecule has 0 radical (unpaired) electrons. The van der Waals surface area contributed by atoms with Crippen molar-refractivity contribution in [3.05, 3.63) is 24.3 Å². The first-order valence-corrected chi connectivity index (χ1v) is 4.80. The number of terminal acetylenes is 1. The average molecular weight is 233 g/mol. The summed E-state index contributed by atoms with van der Waals surface area (Å²) >= 11 is 0. The number of hydrogen-bond acceptors (Lipinski definition) is 3. The van der Waals surface area contributed by atoms with Crippen LogP contribution in [0.2, 0.25) is 0 Å². The lowest BCUT2D eigenvalue weighted by Gasteiger charge is -2.10. The highest BCUT2D eigenvalue weighted by atomic mass is 16.5. The number of carbonyl (C=O) groups is 2. The molecular weight excluding hydrogens is 222 g/mol. The zero-order chi connectivity index (χ0) is 12.7. The van der Waals surface area contributed by atoms with E-state index in [2.05, 4.69) is 11.2 Å². The number of amides is 1. The van der Waals surface area contributed by atoms with Crippen LogP contribution in [0.5, 0.6) is 5.75 Å².